The average molecular weight is 447 g/mol. The predicted molar refractivity (Wildman–Crippen MR) is 121 cm³/mol. The average Bonchev–Trinajstić information content (AvgIpc) is 2.77. The Morgan fingerprint density at radius 2 is 1.42 bits per heavy atom. The Balaban J connectivity index is 1.86. The summed E-state index contributed by atoms with van der Waals surface area (Å²) in [5, 5.41) is 35.0. The maximum Gasteiger partial charge on any atom is 0.353 e. The number of rotatable bonds is 9. The highest BCUT2D eigenvalue weighted by Crippen LogP contribution is 2.33. The van der Waals surface area contributed by atoms with Crippen molar-refractivity contribution < 1.29 is 24.7 Å². The minimum Gasteiger partial charge on any atom is -0.478 e. The van der Waals surface area contributed by atoms with Crippen LogP contribution >= 0.6 is 0 Å². The number of aromatic nitrogens is 2. The van der Waals surface area contributed by atoms with Crippen molar-refractivity contribution in [2.45, 2.75) is 0 Å². The Labute approximate surface area is 186 Å². The van der Waals surface area contributed by atoms with Crippen molar-refractivity contribution in [3.05, 3.63) is 88.3 Å². The number of benzene rings is 2. The van der Waals surface area contributed by atoms with Crippen molar-refractivity contribution in [3.63, 3.8) is 0 Å². The topological polar surface area (TPSA) is 168 Å². The van der Waals surface area contributed by atoms with E-state index in [1.54, 1.807) is 48.5 Å². The van der Waals surface area contributed by atoms with Crippen molar-refractivity contribution in [2.75, 3.05) is 10.6 Å². The van der Waals surface area contributed by atoms with Gasteiger partial charge >= 0.3 is 17.6 Å². The highest BCUT2D eigenvalue weighted by Gasteiger charge is 2.23. The van der Waals surface area contributed by atoms with Gasteiger partial charge in [-0.3, -0.25) is 10.1 Å². The van der Waals surface area contributed by atoms with Gasteiger partial charge in [-0.25, -0.2) is 19.6 Å². The number of hydrogen-bond acceptors (Lipinski definition) is 8. The molecule has 3 aromatic rings. The zero-order chi connectivity index (χ0) is 23.8. The molecule has 0 aliphatic rings. The zero-order valence-electron chi connectivity index (χ0n) is 16.9. The molecule has 0 amide bonds. The van der Waals surface area contributed by atoms with E-state index < -0.39 is 16.9 Å². The van der Waals surface area contributed by atoms with Gasteiger partial charge in [-0.05, 0) is 47.5 Å². The third kappa shape index (κ3) is 6.46. The molecule has 166 valence electrons. The number of anilines is 4. The van der Waals surface area contributed by atoms with Gasteiger partial charge in [0.2, 0.25) is 11.6 Å². The fraction of sp³-hybridized carbons (Fsp3) is 0. The van der Waals surface area contributed by atoms with Crippen molar-refractivity contribution in [2.24, 2.45) is 0 Å². The Morgan fingerprint density at radius 3 is 2.00 bits per heavy atom. The van der Waals surface area contributed by atoms with E-state index in [4.69, 9.17) is 10.2 Å². The van der Waals surface area contributed by atoms with Crippen molar-refractivity contribution in [1.82, 2.24) is 9.97 Å². The first-order valence-corrected chi connectivity index (χ1v) is 9.37. The third-order valence-corrected chi connectivity index (χ3v) is 4.16. The maximum absolute atomic E-state index is 11.8. The minimum atomic E-state index is -1.10. The highest BCUT2D eigenvalue weighted by molar-refractivity contribution is 5.86. The minimum absolute atomic E-state index is 0.0479. The molecule has 1 aromatic heterocycles. The molecule has 0 atom stereocenters. The van der Waals surface area contributed by atoms with Crippen LogP contribution in [0, 0.1) is 10.1 Å². The molecule has 0 aliphatic carbocycles. The van der Waals surface area contributed by atoms with Crippen molar-refractivity contribution >= 4 is 52.8 Å². The van der Waals surface area contributed by atoms with E-state index >= 15 is 0 Å². The molecule has 1 heterocycles. The molecule has 0 unspecified atom stereocenters. The summed E-state index contributed by atoms with van der Waals surface area (Å²) in [6, 6.07) is 13.1. The van der Waals surface area contributed by atoms with E-state index in [1.807, 2.05) is 0 Å². The summed E-state index contributed by atoms with van der Waals surface area (Å²) in [7, 11) is 0. The van der Waals surface area contributed by atoms with Crippen molar-refractivity contribution in [3.8, 4) is 0 Å². The van der Waals surface area contributed by atoms with Gasteiger partial charge in [0.05, 0.1) is 4.92 Å². The van der Waals surface area contributed by atoms with Crippen LogP contribution in [0.1, 0.15) is 11.1 Å². The standard InChI is InChI=1S/C22H17N5O6/c28-18(29)10-6-14-4-8-16(9-5-14)25-21-20(27(32)33)22(24-13-23-21)26-17-3-1-2-15(12-17)7-11-19(30)31/h1-13H,(H,28,29)(H,30,31)(H2,23,24,25,26). The summed E-state index contributed by atoms with van der Waals surface area (Å²) in [6.07, 6.45) is 5.96. The molecule has 0 bridgehead atoms. The molecule has 11 nitrogen and oxygen atoms in total. The van der Waals surface area contributed by atoms with E-state index in [0.29, 0.717) is 22.5 Å². The molecule has 11 heteroatoms. The number of aliphatic carboxylic acids is 2. The van der Waals surface area contributed by atoms with E-state index in [2.05, 4.69) is 20.6 Å². The molecule has 0 saturated carbocycles. The van der Waals surface area contributed by atoms with Gasteiger partial charge in [0.1, 0.15) is 6.33 Å². The van der Waals surface area contributed by atoms with Gasteiger partial charge in [0, 0.05) is 23.5 Å². The molecule has 0 fully saturated rings. The van der Waals surface area contributed by atoms with E-state index in [0.717, 1.165) is 18.5 Å². The quantitative estimate of drug-likeness (QED) is 0.213. The predicted octanol–water partition coefficient (Wildman–Crippen LogP) is 4.07. The van der Waals surface area contributed by atoms with Crippen LogP contribution in [-0.2, 0) is 9.59 Å². The molecule has 0 radical (unpaired) electrons. The highest BCUT2D eigenvalue weighted by atomic mass is 16.6. The van der Waals surface area contributed by atoms with Crippen LogP contribution in [-0.4, -0.2) is 37.0 Å². The lowest BCUT2D eigenvalue weighted by Gasteiger charge is -2.10. The second-order valence-electron chi connectivity index (χ2n) is 6.52. The number of carbonyl (C=O) groups is 2. The van der Waals surface area contributed by atoms with E-state index in [-0.39, 0.29) is 17.3 Å². The normalized spacial score (nSPS) is 10.9. The lowest BCUT2D eigenvalue weighted by molar-refractivity contribution is -0.383. The summed E-state index contributed by atoms with van der Waals surface area (Å²) in [6.45, 7) is 0. The van der Waals surface area contributed by atoms with Crippen LogP contribution in [0.25, 0.3) is 12.2 Å². The summed E-state index contributed by atoms with van der Waals surface area (Å²) in [4.78, 5) is 40.4. The smallest absolute Gasteiger partial charge is 0.353 e. The first-order chi connectivity index (χ1) is 15.8. The Morgan fingerprint density at radius 1 is 0.848 bits per heavy atom. The number of nitrogens with one attached hydrogen (secondary N) is 2. The molecule has 4 N–H and O–H groups in total. The number of nitro groups is 1. The van der Waals surface area contributed by atoms with Gasteiger partial charge in [0.25, 0.3) is 0 Å². The maximum atomic E-state index is 11.8. The van der Waals surface area contributed by atoms with Gasteiger partial charge < -0.3 is 20.8 Å². The van der Waals surface area contributed by atoms with Crippen LogP contribution in [0.2, 0.25) is 0 Å². The van der Waals surface area contributed by atoms with Crippen LogP contribution in [0.5, 0.6) is 0 Å². The summed E-state index contributed by atoms with van der Waals surface area (Å²) in [5.74, 6) is -2.27. The van der Waals surface area contributed by atoms with Gasteiger partial charge in [-0.15, -0.1) is 0 Å². The molecule has 0 aliphatic heterocycles. The third-order valence-electron chi connectivity index (χ3n) is 4.16. The SMILES string of the molecule is O=C(O)C=Cc1ccc(Nc2ncnc(Nc3cccc(C=CC(=O)O)c3)c2[N+](=O)[O-])cc1. The second-order valence-corrected chi connectivity index (χ2v) is 6.52. The van der Waals surface area contributed by atoms with Crippen LogP contribution in [0.3, 0.4) is 0 Å². The summed E-state index contributed by atoms with van der Waals surface area (Å²) in [5.41, 5.74) is 1.79. The lowest BCUT2D eigenvalue weighted by atomic mass is 10.2. The number of carboxylic acids is 2. The van der Waals surface area contributed by atoms with Crippen molar-refractivity contribution in [1.29, 1.82) is 0 Å². The zero-order valence-corrected chi connectivity index (χ0v) is 16.9. The number of carboxylic acid groups (broad SMARTS) is 2. The number of nitrogens with zero attached hydrogens (tertiary/aromatic N) is 3. The fourth-order valence-corrected chi connectivity index (χ4v) is 2.74. The molecule has 2 aromatic carbocycles. The van der Waals surface area contributed by atoms with E-state index in [1.165, 1.54) is 12.2 Å². The summed E-state index contributed by atoms with van der Waals surface area (Å²) < 4.78 is 0. The van der Waals surface area contributed by atoms with Gasteiger partial charge in [-0.1, -0.05) is 24.3 Å². The van der Waals surface area contributed by atoms with Crippen LogP contribution in [0.15, 0.2) is 67.0 Å². The Kier molecular flexibility index (Phi) is 7.06. The van der Waals surface area contributed by atoms with Gasteiger partial charge in [0.15, 0.2) is 0 Å². The molecular formula is C22H17N5O6. The summed E-state index contributed by atoms with van der Waals surface area (Å²) >= 11 is 0. The molecule has 33 heavy (non-hydrogen) atoms. The lowest BCUT2D eigenvalue weighted by Crippen LogP contribution is -2.05. The molecular weight excluding hydrogens is 430 g/mol. The van der Waals surface area contributed by atoms with Gasteiger partial charge in [-0.2, -0.15) is 0 Å². The fourth-order valence-electron chi connectivity index (χ4n) is 2.74. The first-order valence-electron chi connectivity index (χ1n) is 9.37. The molecule has 3 rings (SSSR count). The second kappa shape index (κ2) is 10.3. The van der Waals surface area contributed by atoms with Crippen LogP contribution in [0.4, 0.5) is 28.7 Å². The number of hydrogen-bond donors (Lipinski definition) is 4. The molecule has 0 saturated heterocycles. The van der Waals surface area contributed by atoms with E-state index in [9.17, 15) is 19.7 Å². The monoisotopic (exact) mass is 447 g/mol. The largest absolute Gasteiger partial charge is 0.478 e. The molecule has 0 spiro atoms. The Bertz CT molecular complexity index is 1250. The Hall–Kier alpha value is -5.06. The van der Waals surface area contributed by atoms with Crippen LogP contribution < -0.4 is 10.6 Å². The first kappa shape index (κ1) is 22.6.